The van der Waals surface area contributed by atoms with Gasteiger partial charge in [-0.25, -0.2) is 13.1 Å². The molecule has 0 saturated carbocycles. The number of sulfonamides is 1. The molecule has 1 rings (SSSR count). The van der Waals surface area contributed by atoms with Crippen molar-refractivity contribution in [2.75, 3.05) is 19.0 Å². The van der Waals surface area contributed by atoms with Gasteiger partial charge in [0, 0.05) is 13.0 Å². The average Bonchev–Trinajstić information content (AvgIpc) is 2.49. The minimum Gasteiger partial charge on any atom is -0.481 e. The maximum atomic E-state index is 11.6. The third-order valence-electron chi connectivity index (χ3n) is 2.42. The van der Waals surface area contributed by atoms with Gasteiger partial charge in [0.25, 0.3) is 0 Å². The molecule has 1 fully saturated rings. The molecule has 0 spiro atoms. The Labute approximate surface area is 95.0 Å². The first-order chi connectivity index (χ1) is 7.33. The highest BCUT2D eigenvalue weighted by Crippen LogP contribution is 2.18. The van der Waals surface area contributed by atoms with E-state index in [1.165, 1.54) is 0 Å². The van der Waals surface area contributed by atoms with Crippen molar-refractivity contribution >= 4 is 16.0 Å². The molecule has 16 heavy (non-hydrogen) atoms. The molecule has 1 aliphatic rings. The molecule has 6 nitrogen and oxygen atoms in total. The smallest absolute Gasteiger partial charge is 0.303 e. The van der Waals surface area contributed by atoms with Crippen molar-refractivity contribution < 1.29 is 23.1 Å². The Bertz CT molecular complexity index is 345. The predicted octanol–water partition coefficient (Wildman–Crippen LogP) is -0.0504. The van der Waals surface area contributed by atoms with E-state index in [9.17, 15) is 13.2 Å². The molecule has 94 valence electrons. The third kappa shape index (κ3) is 4.46. The van der Waals surface area contributed by atoms with Crippen LogP contribution in [0.4, 0.5) is 0 Å². The predicted molar refractivity (Wildman–Crippen MR) is 57.6 cm³/mol. The van der Waals surface area contributed by atoms with Crippen LogP contribution in [0.3, 0.4) is 0 Å². The van der Waals surface area contributed by atoms with E-state index >= 15 is 0 Å². The van der Waals surface area contributed by atoms with E-state index in [1.54, 1.807) is 6.92 Å². The normalized spacial score (nSPS) is 25.8. The fourth-order valence-electron chi connectivity index (χ4n) is 1.59. The van der Waals surface area contributed by atoms with Crippen LogP contribution >= 0.6 is 0 Å². The quantitative estimate of drug-likeness (QED) is 0.690. The standard InChI is InChI=1S/C9H17NO5S/c1-9(4-5-15-7-9)10-16(13,14)6-2-3-8(11)12/h10H,2-7H2,1H3,(H,11,12). The monoisotopic (exact) mass is 251 g/mol. The van der Waals surface area contributed by atoms with Gasteiger partial charge in [-0.3, -0.25) is 4.79 Å². The van der Waals surface area contributed by atoms with E-state index in [4.69, 9.17) is 9.84 Å². The van der Waals surface area contributed by atoms with Crippen LogP contribution in [0.5, 0.6) is 0 Å². The number of hydrogen-bond donors (Lipinski definition) is 2. The zero-order valence-electron chi connectivity index (χ0n) is 9.23. The molecule has 0 aromatic rings. The van der Waals surface area contributed by atoms with Crippen LogP contribution in [-0.4, -0.2) is 44.0 Å². The first-order valence-corrected chi connectivity index (χ1v) is 6.79. The van der Waals surface area contributed by atoms with E-state index in [2.05, 4.69) is 4.72 Å². The number of carbonyl (C=O) groups is 1. The second-order valence-electron chi connectivity index (χ2n) is 4.28. The summed E-state index contributed by atoms with van der Waals surface area (Å²) in [5, 5.41) is 8.41. The highest BCUT2D eigenvalue weighted by molar-refractivity contribution is 7.89. The Kier molecular flexibility index (Phi) is 4.28. The van der Waals surface area contributed by atoms with E-state index in [-0.39, 0.29) is 18.6 Å². The van der Waals surface area contributed by atoms with Gasteiger partial charge in [0.05, 0.1) is 17.9 Å². The lowest BCUT2D eigenvalue weighted by atomic mass is 10.0. The number of ether oxygens (including phenoxy) is 1. The summed E-state index contributed by atoms with van der Waals surface area (Å²) in [6.07, 6.45) is 0.640. The minimum atomic E-state index is -3.41. The van der Waals surface area contributed by atoms with Crippen LogP contribution in [0.25, 0.3) is 0 Å². The van der Waals surface area contributed by atoms with Crippen molar-refractivity contribution in [3.63, 3.8) is 0 Å². The molecule has 1 atom stereocenters. The molecule has 0 amide bonds. The second kappa shape index (κ2) is 5.11. The average molecular weight is 251 g/mol. The molecule has 1 unspecified atom stereocenters. The van der Waals surface area contributed by atoms with Crippen molar-refractivity contribution in [3.8, 4) is 0 Å². The van der Waals surface area contributed by atoms with Crippen molar-refractivity contribution in [2.45, 2.75) is 31.7 Å². The van der Waals surface area contributed by atoms with Crippen LogP contribution in [-0.2, 0) is 19.6 Å². The molecular weight excluding hydrogens is 234 g/mol. The summed E-state index contributed by atoms with van der Waals surface area (Å²) in [6.45, 7) is 2.70. The van der Waals surface area contributed by atoms with E-state index in [0.717, 1.165) is 0 Å². The van der Waals surface area contributed by atoms with Crippen LogP contribution in [0.1, 0.15) is 26.2 Å². The third-order valence-corrected chi connectivity index (χ3v) is 4.05. The summed E-state index contributed by atoms with van der Waals surface area (Å²) in [6, 6.07) is 0. The number of aliphatic carboxylic acids is 1. The van der Waals surface area contributed by atoms with Gasteiger partial charge in [0.2, 0.25) is 10.0 Å². The van der Waals surface area contributed by atoms with Gasteiger partial charge in [-0.2, -0.15) is 0 Å². The summed E-state index contributed by atoms with van der Waals surface area (Å²) in [4.78, 5) is 10.3. The van der Waals surface area contributed by atoms with Crippen LogP contribution in [0.2, 0.25) is 0 Å². The highest BCUT2D eigenvalue weighted by Gasteiger charge is 2.33. The Morgan fingerprint density at radius 1 is 1.56 bits per heavy atom. The zero-order valence-corrected chi connectivity index (χ0v) is 10.0. The lowest BCUT2D eigenvalue weighted by Gasteiger charge is -2.23. The molecule has 0 aromatic heterocycles. The van der Waals surface area contributed by atoms with Gasteiger partial charge in [-0.15, -0.1) is 0 Å². The Hall–Kier alpha value is -0.660. The topological polar surface area (TPSA) is 92.7 Å². The number of rotatable bonds is 6. The van der Waals surface area contributed by atoms with Gasteiger partial charge in [0.1, 0.15) is 0 Å². The Morgan fingerprint density at radius 3 is 2.75 bits per heavy atom. The summed E-state index contributed by atoms with van der Waals surface area (Å²) < 4.78 is 30.9. The molecule has 2 N–H and O–H groups in total. The minimum absolute atomic E-state index is 0.127. The first-order valence-electron chi connectivity index (χ1n) is 5.14. The Morgan fingerprint density at radius 2 is 2.25 bits per heavy atom. The number of carboxylic acids is 1. The fourth-order valence-corrected chi connectivity index (χ4v) is 3.13. The molecule has 0 aliphatic carbocycles. The second-order valence-corrected chi connectivity index (χ2v) is 6.12. The van der Waals surface area contributed by atoms with E-state index in [0.29, 0.717) is 19.6 Å². The lowest BCUT2D eigenvalue weighted by molar-refractivity contribution is -0.137. The largest absolute Gasteiger partial charge is 0.481 e. The van der Waals surface area contributed by atoms with Gasteiger partial charge in [-0.1, -0.05) is 0 Å². The maximum absolute atomic E-state index is 11.6. The maximum Gasteiger partial charge on any atom is 0.303 e. The molecule has 0 aromatic carbocycles. The number of carboxylic acid groups (broad SMARTS) is 1. The van der Waals surface area contributed by atoms with Crippen LogP contribution in [0.15, 0.2) is 0 Å². The van der Waals surface area contributed by atoms with Gasteiger partial charge >= 0.3 is 5.97 Å². The number of hydrogen-bond acceptors (Lipinski definition) is 4. The molecule has 1 heterocycles. The fraction of sp³-hybridized carbons (Fsp3) is 0.889. The molecule has 1 aliphatic heterocycles. The Balaban J connectivity index is 2.42. The molecule has 7 heteroatoms. The zero-order chi connectivity index (χ0) is 12.2. The molecule has 0 bridgehead atoms. The van der Waals surface area contributed by atoms with Crippen molar-refractivity contribution in [3.05, 3.63) is 0 Å². The molecular formula is C9H17NO5S. The van der Waals surface area contributed by atoms with Crippen molar-refractivity contribution in [1.82, 2.24) is 4.72 Å². The first kappa shape index (κ1) is 13.4. The summed E-state index contributed by atoms with van der Waals surface area (Å²) in [7, 11) is -3.41. The van der Waals surface area contributed by atoms with Crippen molar-refractivity contribution in [2.24, 2.45) is 0 Å². The summed E-state index contributed by atoms with van der Waals surface area (Å²) in [5.41, 5.74) is -0.540. The molecule has 1 saturated heterocycles. The van der Waals surface area contributed by atoms with Crippen molar-refractivity contribution in [1.29, 1.82) is 0 Å². The van der Waals surface area contributed by atoms with Gasteiger partial charge < -0.3 is 9.84 Å². The SMILES string of the molecule is CC1(NS(=O)(=O)CCCC(=O)O)CCOC1. The van der Waals surface area contributed by atoms with Gasteiger partial charge in [0.15, 0.2) is 0 Å². The van der Waals surface area contributed by atoms with E-state index < -0.39 is 21.5 Å². The van der Waals surface area contributed by atoms with E-state index in [1.807, 2.05) is 0 Å². The summed E-state index contributed by atoms with van der Waals surface area (Å²) in [5.74, 6) is -1.14. The van der Waals surface area contributed by atoms with Gasteiger partial charge in [-0.05, 0) is 19.8 Å². The summed E-state index contributed by atoms with van der Waals surface area (Å²) >= 11 is 0. The highest BCUT2D eigenvalue weighted by atomic mass is 32.2. The van der Waals surface area contributed by atoms with Crippen LogP contribution in [0, 0.1) is 0 Å². The number of nitrogens with one attached hydrogen (secondary N) is 1. The lowest BCUT2D eigenvalue weighted by Crippen LogP contribution is -2.47. The molecule has 0 radical (unpaired) electrons. The van der Waals surface area contributed by atoms with Crippen LogP contribution < -0.4 is 4.72 Å².